The monoisotopic (exact) mass is 282 g/mol. The summed E-state index contributed by atoms with van der Waals surface area (Å²) in [6, 6.07) is 13.6. The maximum absolute atomic E-state index is 11.2. The molecule has 0 unspecified atom stereocenters. The number of anilines is 2. The van der Waals surface area contributed by atoms with Gasteiger partial charge in [0, 0.05) is 13.1 Å². The molecule has 21 heavy (non-hydrogen) atoms. The number of nitrogen functional groups attached to an aromatic ring is 1. The number of nitrogens with zero attached hydrogens (tertiary/aromatic N) is 1. The van der Waals surface area contributed by atoms with Crippen LogP contribution in [0.25, 0.3) is 0 Å². The lowest BCUT2D eigenvalue weighted by Crippen LogP contribution is -2.24. The fraction of sp³-hybridized carbons (Fsp3) is 0.235. The van der Waals surface area contributed by atoms with Crippen LogP contribution in [0.5, 0.6) is 0 Å². The van der Waals surface area contributed by atoms with Crippen LogP contribution in [0.15, 0.2) is 42.5 Å². The Hall–Kier alpha value is -2.49. The fourth-order valence-corrected chi connectivity index (χ4v) is 2.92. The molecule has 0 saturated heterocycles. The number of carboxylic acid groups (broad SMARTS) is 1. The first-order chi connectivity index (χ1) is 10.2. The molecule has 0 amide bonds. The van der Waals surface area contributed by atoms with E-state index in [-0.39, 0.29) is 5.56 Å². The summed E-state index contributed by atoms with van der Waals surface area (Å²) in [7, 11) is 0. The Morgan fingerprint density at radius 3 is 2.62 bits per heavy atom. The topological polar surface area (TPSA) is 66.6 Å². The Bertz CT molecular complexity index is 682. The van der Waals surface area contributed by atoms with Crippen LogP contribution >= 0.6 is 0 Å². The molecule has 1 heterocycles. The van der Waals surface area contributed by atoms with Gasteiger partial charge in [0.25, 0.3) is 0 Å². The number of hydrogen-bond acceptors (Lipinski definition) is 3. The van der Waals surface area contributed by atoms with Crippen molar-refractivity contribution in [1.29, 1.82) is 0 Å². The van der Waals surface area contributed by atoms with E-state index in [1.807, 2.05) is 12.1 Å². The lowest BCUT2D eigenvalue weighted by atomic mass is 10.0. The minimum Gasteiger partial charge on any atom is -0.478 e. The summed E-state index contributed by atoms with van der Waals surface area (Å²) < 4.78 is 0. The largest absolute Gasteiger partial charge is 0.478 e. The number of para-hydroxylation sites is 1. The summed E-state index contributed by atoms with van der Waals surface area (Å²) in [5, 5.41) is 9.20. The molecule has 4 heteroatoms. The van der Waals surface area contributed by atoms with Crippen molar-refractivity contribution in [3.05, 3.63) is 59.2 Å². The number of benzene rings is 2. The highest BCUT2D eigenvalue weighted by atomic mass is 16.4. The van der Waals surface area contributed by atoms with Crippen molar-refractivity contribution in [2.75, 3.05) is 17.2 Å². The third-order valence-corrected chi connectivity index (χ3v) is 4.01. The van der Waals surface area contributed by atoms with Gasteiger partial charge in [-0.05, 0) is 36.1 Å². The van der Waals surface area contributed by atoms with E-state index in [4.69, 9.17) is 5.73 Å². The molecule has 0 fully saturated rings. The summed E-state index contributed by atoms with van der Waals surface area (Å²) in [6.45, 7) is 1.64. The first-order valence-corrected chi connectivity index (χ1v) is 7.10. The van der Waals surface area contributed by atoms with Crippen molar-refractivity contribution < 1.29 is 9.90 Å². The van der Waals surface area contributed by atoms with Gasteiger partial charge in [-0.25, -0.2) is 4.79 Å². The molecule has 0 spiro atoms. The van der Waals surface area contributed by atoms with Crippen LogP contribution in [0.2, 0.25) is 0 Å². The van der Waals surface area contributed by atoms with Gasteiger partial charge in [0.15, 0.2) is 0 Å². The van der Waals surface area contributed by atoms with Crippen molar-refractivity contribution >= 4 is 17.3 Å². The van der Waals surface area contributed by atoms with Gasteiger partial charge in [-0.1, -0.05) is 30.3 Å². The van der Waals surface area contributed by atoms with Gasteiger partial charge in [0.1, 0.15) is 0 Å². The molecule has 108 valence electrons. The summed E-state index contributed by atoms with van der Waals surface area (Å²) >= 11 is 0. The predicted molar refractivity (Wildman–Crippen MR) is 83.6 cm³/mol. The molecule has 4 nitrogen and oxygen atoms in total. The van der Waals surface area contributed by atoms with Crippen molar-refractivity contribution in [2.45, 2.75) is 19.4 Å². The zero-order valence-corrected chi connectivity index (χ0v) is 11.7. The summed E-state index contributed by atoms with van der Waals surface area (Å²) in [5.41, 5.74) is 10.1. The highest BCUT2D eigenvalue weighted by molar-refractivity contribution is 5.97. The van der Waals surface area contributed by atoms with Crippen LogP contribution in [-0.4, -0.2) is 17.6 Å². The standard InChI is InChI=1S/C17H18N2O2/c18-16-14(17(20)21)8-3-9-15(16)19-10-4-7-12-5-1-2-6-13(12)11-19/h1-3,5-6,8-9H,4,7,10-11,18H2,(H,20,21). The van der Waals surface area contributed by atoms with Gasteiger partial charge in [-0.2, -0.15) is 0 Å². The Kier molecular flexibility index (Phi) is 3.52. The molecule has 0 aliphatic carbocycles. The highest BCUT2D eigenvalue weighted by Gasteiger charge is 2.19. The third kappa shape index (κ3) is 2.57. The number of carbonyl (C=O) groups is 1. The Morgan fingerprint density at radius 2 is 1.86 bits per heavy atom. The van der Waals surface area contributed by atoms with Crippen LogP contribution in [0.1, 0.15) is 27.9 Å². The summed E-state index contributed by atoms with van der Waals surface area (Å²) in [4.78, 5) is 13.4. The first-order valence-electron chi connectivity index (χ1n) is 7.10. The molecule has 3 rings (SSSR count). The van der Waals surface area contributed by atoms with E-state index in [1.54, 1.807) is 12.1 Å². The van der Waals surface area contributed by atoms with E-state index in [9.17, 15) is 9.90 Å². The number of rotatable bonds is 2. The van der Waals surface area contributed by atoms with E-state index < -0.39 is 5.97 Å². The average molecular weight is 282 g/mol. The number of nitrogens with two attached hydrogens (primary N) is 1. The van der Waals surface area contributed by atoms with Crippen LogP contribution in [0.3, 0.4) is 0 Å². The normalized spacial score (nSPS) is 14.4. The summed E-state index contributed by atoms with van der Waals surface area (Å²) in [6.07, 6.45) is 2.08. The lowest BCUT2D eigenvalue weighted by Gasteiger charge is -2.25. The maximum Gasteiger partial charge on any atom is 0.337 e. The van der Waals surface area contributed by atoms with Crippen molar-refractivity contribution in [2.24, 2.45) is 0 Å². The molecule has 2 aromatic rings. The second-order valence-corrected chi connectivity index (χ2v) is 5.34. The molecule has 0 radical (unpaired) electrons. The van der Waals surface area contributed by atoms with Gasteiger partial charge >= 0.3 is 5.97 Å². The Labute approximate surface area is 123 Å². The van der Waals surface area contributed by atoms with Crippen LogP contribution in [0, 0.1) is 0 Å². The van der Waals surface area contributed by atoms with Crippen LogP contribution in [-0.2, 0) is 13.0 Å². The number of aryl methyl sites for hydroxylation is 1. The van der Waals surface area contributed by atoms with Gasteiger partial charge in [0.2, 0.25) is 0 Å². The second kappa shape index (κ2) is 5.48. The molecule has 1 aliphatic rings. The maximum atomic E-state index is 11.2. The quantitative estimate of drug-likeness (QED) is 0.831. The molecule has 1 aliphatic heterocycles. The molecular formula is C17H18N2O2. The minimum absolute atomic E-state index is 0.171. The molecule has 0 aromatic heterocycles. The zero-order chi connectivity index (χ0) is 14.8. The smallest absolute Gasteiger partial charge is 0.337 e. The Morgan fingerprint density at radius 1 is 1.10 bits per heavy atom. The molecule has 0 atom stereocenters. The molecule has 3 N–H and O–H groups in total. The second-order valence-electron chi connectivity index (χ2n) is 5.34. The molecule has 0 bridgehead atoms. The lowest BCUT2D eigenvalue weighted by molar-refractivity contribution is 0.0698. The number of carboxylic acids is 1. The van der Waals surface area contributed by atoms with E-state index in [0.717, 1.165) is 31.6 Å². The minimum atomic E-state index is -0.982. The van der Waals surface area contributed by atoms with E-state index in [0.29, 0.717) is 5.69 Å². The van der Waals surface area contributed by atoms with Gasteiger partial charge in [-0.15, -0.1) is 0 Å². The van der Waals surface area contributed by atoms with E-state index in [2.05, 4.69) is 23.1 Å². The average Bonchev–Trinajstić information content (AvgIpc) is 2.69. The number of hydrogen-bond donors (Lipinski definition) is 2. The zero-order valence-electron chi connectivity index (χ0n) is 11.7. The van der Waals surface area contributed by atoms with Gasteiger partial charge in [-0.3, -0.25) is 0 Å². The third-order valence-electron chi connectivity index (χ3n) is 4.01. The van der Waals surface area contributed by atoms with Crippen LogP contribution < -0.4 is 10.6 Å². The number of aromatic carboxylic acids is 1. The highest BCUT2D eigenvalue weighted by Crippen LogP contribution is 2.30. The van der Waals surface area contributed by atoms with Crippen molar-refractivity contribution in [1.82, 2.24) is 0 Å². The van der Waals surface area contributed by atoms with Gasteiger partial charge < -0.3 is 15.7 Å². The van der Waals surface area contributed by atoms with E-state index in [1.165, 1.54) is 11.1 Å². The fourth-order valence-electron chi connectivity index (χ4n) is 2.92. The van der Waals surface area contributed by atoms with E-state index >= 15 is 0 Å². The van der Waals surface area contributed by atoms with Crippen molar-refractivity contribution in [3.8, 4) is 0 Å². The number of fused-ring (bicyclic) bond motifs is 1. The summed E-state index contributed by atoms with van der Waals surface area (Å²) in [5.74, 6) is -0.982. The van der Waals surface area contributed by atoms with Gasteiger partial charge in [0.05, 0.1) is 16.9 Å². The Balaban J connectivity index is 1.98. The SMILES string of the molecule is Nc1c(C(=O)O)cccc1N1CCCc2ccccc2C1. The van der Waals surface area contributed by atoms with Crippen LogP contribution in [0.4, 0.5) is 11.4 Å². The van der Waals surface area contributed by atoms with Crippen molar-refractivity contribution in [3.63, 3.8) is 0 Å². The molecular weight excluding hydrogens is 264 g/mol. The molecule has 2 aromatic carbocycles. The predicted octanol–water partition coefficient (Wildman–Crippen LogP) is 2.92. The first kappa shape index (κ1) is 13.5. The molecule has 0 saturated carbocycles.